The molecule has 2 amide bonds. The molecule has 1 heterocycles. The minimum atomic E-state index is -0.672. The van der Waals surface area contributed by atoms with Crippen LogP contribution in [0.5, 0.6) is 0 Å². The van der Waals surface area contributed by atoms with Gasteiger partial charge in [0.1, 0.15) is 6.04 Å². The second-order valence-electron chi connectivity index (χ2n) is 6.06. The van der Waals surface area contributed by atoms with Crippen LogP contribution in [0.15, 0.2) is 35.6 Å². The maximum atomic E-state index is 12.7. The van der Waals surface area contributed by atoms with Crippen LogP contribution >= 0.6 is 35.1 Å². The lowest BCUT2D eigenvalue weighted by Gasteiger charge is -2.18. The first-order chi connectivity index (χ1) is 13.4. The normalized spacial score (nSPS) is 11.7. The first kappa shape index (κ1) is 22.5. The fourth-order valence-electron chi connectivity index (χ4n) is 2.36. The molecule has 2 rings (SSSR count). The van der Waals surface area contributed by atoms with Gasteiger partial charge in [0.05, 0.1) is 11.2 Å². The van der Waals surface area contributed by atoms with Gasteiger partial charge in [0.25, 0.3) is 5.91 Å². The van der Waals surface area contributed by atoms with Gasteiger partial charge in [-0.25, -0.2) is 9.97 Å². The zero-order chi connectivity index (χ0) is 20.5. The lowest BCUT2D eigenvalue weighted by Crippen LogP contribution is -2.47. The second-order valence-corrected chi connectivity index (χ2v) is 8.23. The van der Waals surface area contributed by atoms with E-state index in [0.717, 1.165) is 16.9 Å². The Kier molecular flexibility index (Phi) is 9.08. The number of carbonyl (C=O) groups is 2. The van der Waals surface area contributed by atoms with E-state index in [1.807, 2.05) is 43.7 Å². The van der Waals surface area contributed by atoms with Crippen LogP contribution in [-0.4, -0.2) is 46.1 Å². The quantitative estimate of drug-likeness (QED) is 0.461. The van der Waals surface area contributed by atoms with Gasteiger partial charge in [-0.3, -0.25) is 9.59 Å². The minimum Gasteiger partial charge on any atom is -0.350 e. The molecule has 2 N–H and O–H groups in total. The molecular weight excluding hydrogens is 416 g/mol. The van der Waals surface area contributed by atoms with E-state index in [0.29, 0.717) is 18.1 Å². The Morgan fingerprint density at radius 1 is 1.21 bits per heavy atom. The van der Waals surface area contributed by atoms with Gasteiger partial charge < -0.3 is 10.6 Å². The van der Waals surface area contributed by atoms with Crippen LogP contribution in [0.25, 0.3) is 0 Å². The Morgan fingerprint density at radius 2 is 1.93 bits per heavy atom. The van der Waals surface area contributed by atoms with Crippen LogP contribution in [0.1, 0.15) is 28.0 Å². The molecule has 0 radical (unpaired) electrons. The summed E-state index contributed by atoms with van der Waals surface area (Å²) in [6.07, 6.45) is 5.66. The van der Waals surface area contributed by atoms with Crippen LogP contribution in [0.3, 0.4) is 0 Å². The predicted octanol–water partition coefficient (Wildman–Crippen LogP) is 3.33. The van der Waals surface area contributed by atoms with Crippen molar-refractivity contribution in [3.8, 4) is 0 Å². The highest BCUT2D eigenvalue weighted by molar-refractivity contribution is 7.98. The van der Waals surface area contributed by atoms with Gasteiger partial charge in [-0.1, -0.05) is 53.2 Å². The first-order valence-corrected chi connectivity index (χ1v) is 11.6. The third-order valence-corrected chi connectivity index (χ3v) is 5.42. The third kappa shape index (κ3) is 6.68. The highest BCUT2D eigenvalue weighted by atomic mass is 35.5. The molecule has 28 heavy (non-hydrogen) atoms. The van der Waals surface area contributed by atoms with Crippen LogP contribution in [0.4, 0.5) is 0 Å². The molecule has 1 atom stereocenters. The summed E-state index contributed by atoms with van der Waals surface area (Å²) < 4.78 is 0. The average Bonchev–Trinajstić information content (AvgIpc) is 2.70. The molecule has 0 bridgehead atoms. The standard InChI is InChI=1S/C19H23ClN4O2S2/c1-12-4-6-13(7-5-12)10-21-17(25)15(8-9-27-2)23-18(26)16-14(20)11-22-19(24-16)28-3/h4-7,11,15H,8-10H2,1-3H3,(H,21,25)(H,23,26)/t15-/m1/s1. The van der Waals surface area contributed by atoms with Gasteiger partial charge in [0.15, 0.2) is 10.9 Å². The van der Waals surface area contributed by atoms with Crippen molar-refractivity contribution in [2.45, 2.75) is 31.1 Å². The zero-order valence-electron chi connectivity index (χ0n) is 16.0. The van der Waals surface area contributed by atoms with Crippen LogP contribution in [0, 0.1) is 6.92 Å². The van der Waals surface area contributed by atoms with Gasteiger partial charge >= 0.3 is 0 Å². The molecular formula is C19H23ClN4O2S2. The molecule has 150 valence electrons. The molecule has 0 unspecified atom stereocenters. The minimum absolute atomic E-state index is 0.0708. The number of nitrogens with zero attached hydrogens (tertiary/aromatic N) is 2. The number of halogens is 1. The number of aryl methyl sites for hydroxylation is 1. The van der Waals surface area contributed by atoms with Crippen molar-refractivity contribution in [1.29, 1.82) is 0 Å². The predicted molar refractivity (Wildman–Crippen MR) is 116 cm³/mol. The fraction of sp³-hybridized carbons (Fsp3) is 0.368. The summed E-state index contributed by atoms with van der Waals surface area (Å²) in [5.74, 6) is 0.00810. The summed E-state index contributed by atoms with van der Waals surface area (Å²) in [7, 11) is 0. The Morgan fingerprint density at radius 3 is 2.57 bits per heavy atom. The highest BCUT2D eigenvalue weighted by Crippen LogP contribution is 2.17. The van der Waals surface area contributed by atoms with Gasteiger partial charge in [0.2, 0.25) is 5.91 Å². The summed E-state index contributed by atoms with van der Waals surface area (Å²) >= 11 is 8.99. The van der Waals surface area contributed by atoms with Gasteiger partial charge in [-0.2, -0.15) is 11.8 Å². The molecule has 0 fully saturated rings. The summed E-state index contributed by atoms with van der Waals surface area (Å²) in [5.41, 5.74) is 2.23. The number of benzene rings is 1. The van der Waals surface area contributed by atoms with Crippen LogP contribution in [0.2, 0.25) is 5.02 Å². The summed E-state index contributed by atoms with van der Waals surface area (Å²) in [6, 6.07) is 7.25. The molecule has 1 aromatic heterocycles. The molecule has 0 spiro atoms. The number of thioether (sulfide) groups is 2. The van der Waals surface area contributed by atoms with Crippen molar-refractivity contribution in [3.05, 3.63) is 52.3 Å². The second kappa shape index (κ2) is 11.3. The zero-order valence-corrected chi connectivity index (χ0v) is 18.4. The first-order valence-electron chi connectivity index (χ1n) is 8.64. The monoisotopic (exact) mass is 438 g/mol. The molecule has 0 saturated heterocycles. The summed E-state index contributed by atoms with van der Waals surface area (Å²) in [6.45, 7) is 2.41. The van der Waals surface area contributed by atoms with Crippen molar-refractivity contribution < 1.29 is 9.59 Å². The van der Waals surface area contributed by atoms with Crippen LogP contribution in [-0.2, 0) is 11.3 Å². The van der Waals surface area contributed by atoms with Crippen molar-refractivity contribution in [3.63, 3.8) is 0 Å². The summed E-state index contributed by atoms with van der Waals surface area (Å²) in [4.78, 5) is 33.5. The van der Waals surface area contributed by atoms with E-state index in [1.165, 1.54) is 18.0 Å². The van der Waals surface area contributed by atoms with E-state index < -0.39 is 11.9 Å². The molecule has 9 heteroatoms. The maximum Gasteiger partial charge on any atom is 0.272 e. The lowest BCUT2D eigenvalue weighted by molar-refractivity contribution is -0.123. The van der Waals surface area contributed by atoms with E-state index in [9.17, 15) is 9.59 Å². The fourth-order valence-corrected chi connectivity index (χ4v) is 3.35. The summed E-state index contributed by atoms with van der Waals surface area (Å²) in [5, 5.41) is 6.24. The molecule has 0 saturated carbocycles. The molecule has 6 nitrogen and oxygen atoms in total. The van der Waals surface area contributed by atoms with Gasteiger partial charge in [0, 0.05) is 6.54 Å². The van der Waals surface area contributed by atoms with Crippen molar-refractivity contribution >= 4 is 46.9 Å². The largest absolute Gasteiger partial charge is 0.350 e. The Bertz CT molecular complexity index is 818. The number of aromatic nitrogens is 2. The maximum absolute atomic E-state index is 12.7. The molecule has 0 aliphatic rings. The van der Waals surface area contributed by atoms with E-state index in [2.05, 4.69) is 20.6 Å². The number of carbonyl (C=O) groups excluding carboxylic acids is 2. The number of nitrogens with one attached hydrogen (secondary N) is 2. The lowest BCUT2D eigenvalue weighted by atomic mass is 10.1. The smallest absolute Gasteiger partial charge is 0.272 e. The Hall–Kier alpha value is -1.77. The molecule has 1 aromatic carbocycles. The van der Waals surface area contributed by atoms with Crippen molar-refractivity contribution in [2.75, 3.05) is 18.3 Å². The van der Waals surface area contributed by atoms with E-state index in [-0.39, 0.29) is 16.6 Å². The Balaban J connectivity index is 2.06. The van der Waals surface area contributed by atoms with E-state index in [4.69, 9.17) is 11.6 Å². The van der Waals surface area contributed by atoms with Gasteiger partial charge in [-0.15, -0.1) is 0 Å². The number of rotatable bonds is 9. The molecule has 2 aromatic rings. The van der Waals surface area contributed by atoms with E-state index in [1.54, 1.807) is 11.8 Å². The van der Waals surface area contributed by atoms with Crippen LogP contribution < -0.4 is 10.6 Å². The topological polar surface area (TPSA) is 84.0 Å². The highest BCUT2D eigenvalue weighted by Gasteiger charge is 2.23. The van der Waals surface area contributed by atoms with Crippen molar-refractivity contribution in [1.82, 2.24) is 20.6 Å². The number of hydrogen-bond acceptors (Lipinski definition) is 6. The third-order valence-electron chi connectivity index (χ3n) is 3.94. The van der Waals surface area contributed by atoms with E-state index >= 15 is 0 Å². The Labute approximate surface area is 178 Å². The SMILES string of the molecule is CSCC[C@@H](NC(=O)c1nc(SC)ncc1Cl)C(=O)NCc1ccc(C)cc1. The average molecular weight is 439 g/mol. The van der Waals surface area contributed by atoms with Crippen molar-refractivity contribution in [2.24, 2.45) is 0 Å². The number of amides is 2. The van der Waals surface area contributed by atoms with Gasteiger partial charge in [-0.05, 0) is 37.2 Å². The molecule has 0 aliphatic heterocycles. The number of hydrogen-bond donors (Lipinski definition) is 2. The molecule has 0 aliphatic carbocycles.